The molecule has 3 rings (SSSR count). The van der Waals surface area contributed by atoms with Crippen molar-refractivity contribution in [3.8, 4) is 0 Å². The highest BCUT2D eigenvalue weighted by Crippen LogP contribution is 2.35. The number of fused-ring (bicyclic) bond motifs is 1. The Morgan fingerprint density at radius 3 is 2.75 bits per heavy atom. The van der Waals surface area contributed by atoms with Gasteiger partial charge in [0, 0.05) is 6.42 Å². The molecule has 5 nitrogen and oxygen atoms in total. The highest BCUT2D eigenvalue weighted by molar-refractivity contribution is 7.18. The molecule has 2 aromatic rings. The molecule has 28 heavy (non-hydrogen) atoms. The third kappa shape index (κ3) is 5.53. The molecule has 1 aliphatic rings. The molecule has 0 amide bonds. The second kappa shape index (κ2) is 9.50. The molecule has 0 spiro atoms. The Kier molecular flexibility index (Phi) is 7.05. The number of carbonyl (C=O) groups excluding carboxylic acids is 2. The molecule has 0 aliphatic heterocycles. The van der Waals surface area contributed by atoms with E-state index in [4.69, 9.17) is 9.47 Å². The first-order chi connectivity index (χ1) is 13.4. The molecule has 1 saturated carbocycles. The SMILES string of the molecule is CC(C)[C@H]1CC[C@@H](C)C[C@H]1OC(=O)COC(=O)CCc1nc2ccccc2s1. The maximum absolute atomic E-state index is 12.2. The molecular formula is C22H29NO4S. The topological polar surface area (TPSA) is 65.5 Å². The van der Waals surface area contributed by atoms with Crippen LogP contribution >= 0.6 is 11.3 Å². The average Bonchev–Trinajstić information content (AvgIpc) is 3.07. The second-order valence-electron chi connectivity index (χ2n) is 8.09. The molecule has 0 radical (unpaired) electrons. The van der Waals surface area contributed by atoms with Gasteiger partial charge in [0.2, 0.25) is 0 Å². The Balaban J connectivity index is 1.42. The van der Waals surface area contributed by atoms with Crippen LogP contribution in [0.15, 0.2) is 24.3 Å². The van der Waals surface area contributed by atoms with E-state index in [1.165, 1.54) is 6.42 Å². The first-order valence-corrected chi connectivity index (χ1v) is 10.9. The zero-order valence-corrected chi connectivity index (χ0v) is 17.7. The number of esters is 2. The molecule has 1 aromatic carbocycles. The fraction of sp³-hybridized carbons (Fsp3) is 0.591. The lowest BCUT2D eigenvalue weighted by atomic mass is 9.75. The van der Waals surface area contributed by atoms with Crippen molar-refractivity contribution in [1.29, 1.82) is 0 Å². The van der Waals surface area contributed by atoms with Gasteiger partial charge in [-0.2, -0.15) is 0 Å². The highest BCUT2D eigenvalue weighted by Gasteiger charge is 2.33. The summed E-state index contributed by atoms with van der Waals surface area (Å²) in [7, 11) is 0. The Hall–Kier alpha value is -1.95. The van der Waals surface area contributed by atoms with Gasteiger partial charge in [0.25, 0.3) is 0 Å². The Morgan fingerprint density at radius 2 is 2.00 bits per heavy atom. The zero-order valence-electron chi connectivity index (χ0n) is 16.8. The summed E-state index contributed by atoms with van der Waals surface area (Å²) in [5.41, 5.74) is 0.945. The molecule has 1 aliphatic carbocycles. The van der Waals surface area contributed by atoms with Crippen molar-refractivity contribution in [2.75, 3.05) is 6.61 Å². The first kappa shape index (κ1) is 20.8. The van der Waals surface area contributed by atoms with Crippen LogP contribution in [-0.4, -0.2) is 29.6 Å². The molecular weight excluding hydrogens is 374 g/mol. The summed E-state index contributed by atoms with van der Waals surface area (Å²) < 4.78 is 11.9. The highest BCUT2D eigenvalue weighted by atomic mass is 32.1. The van der Waals surface area contributed by atoms with E-state index in [0.717, 1.165) is 28.1 Å². The van der Waals surface area contributed by atoms with E-state index in [1.807, 2.05) is 24.3 Å². The molecule has 6 heteroatoms. The predicted molar refractivity (Wildman–Crippen MR) is 110 cm³/mol. The minimum atomic E-state index is -0.446. The van der Waals surface area contributed by atoms with Gasteiger partial charge in [-0.3, -0.25) is 4.79 Å². The van der Waals surface area contributed by atoms with Crippen molar-refractivity contribution in [3.63, 3.8) is 0 Å². The number of aryl methyl sites for hydroxylation is 1. The van der Waals surface area contributed by atoms with E-state index < -0.39 is 11.9 Å². The predicted octanol–water partition coefficient (Wildman–Crippen LogP) is 4.78. The lowest BCUT2D eigenvalue weighted by Gasteiger charge is -2.36. The molecule has 3 atom stereocenters. The number of para-hydroxylation sites is 1. The zero-order chi connectivity index (χ0) is 20.1. The van der Waals surface area contributed by atoms with Gasteiger partial charge in [-0.05, 0) is 42.7 Å². The van der Waals surface area contributed by atoms with Crippen molar-refractivity contribution in [3.05, 3.63) is 29.3 Å². The Morgan fingerprint density at radius 1 is 1.21 bits per heavy atom. The average molecular weight is 404 g/mol. The monoisotopic (exact) mass is 403 g/mol. The minimum Gasteiger partial charge on any atom is -0.460 e. The molecule has 0 unspecified atom stereocenters. The second-order valence-corrected chi connectivity index (χ2v) is 9.21. The largest absolute Gasteiger partial charge is 0.460 e. The molecule has 0 saturated heterocycles. The van der Waals surface area contributed by atoms with Crippen LogP contribution in [-0.2, 0) is 25.5 Å². The molecule has 1 aromatic heterocycles. The van der Waals surface area contributed by atoms with E-state index in [9.17, 15) is 9.59 Å². The first-order valence-electron chi connectivity index (χ1n) is 10.1. The van der Waals surface area contributed by atoms with Crippen LogP contribution in [0.4, 0.5) is 0 Å². The van der Waals surface area contributed by atoms with E-state index in [0.29, 0.717) is 24.2 Å². The molecule has 0 bridgehead atoms. The smallest absolute Gasteiger partial charge is 0.344 e. The van der Waals surface area contributed by atoms with Gasteiger partial charge in [0.1, 0.15) is 6.10 Å². The molecule has 1 heterocycles. The number of nitrogens with zero attached hydrogens (tertiary/aromatic N) is 1. The summed E-state index contributed by atoms with van der Waals surface area (Å²) in [6, 6.07) is 7.89. The van der Waals surface area contributed by atoms with Crippen molar-refractivity contribution in [2.45, 2.75) is 59.0 Å². The summed E-state index contributed by atoms with van der Waals surface area (Å²) in [6.07, 6.45) is 3.80. The number of thiazole rings is 1. The summed E-state index contributed by atoms with van der Waals surface area (Å²) in [5.74, 6) is 0.576. The van der Waals surface area contributed by atoms with Crippen LogP contribution in [0.1, 0.15) is 51.5 Å². The summed E-state index contributed by atoms with van der Waals surface area (Å²) in [6.45, 7) is 6.22. The fourth-order valence-electron chi connectivity index (χ4n) is 3.90. The summed E-state index contributed by atoms with van der Waals surface area (Å²) >= 11 is 1.58. The maximum atomic E-state index is 12.2. The summed E-state index contributed by atoms with van der Waals surface area (Å²) in [5, 5.41) is 0.900. The van der Waals surface area contributed by atoms with E-state index in [1.54, 1.807) is 11.3 Å². The third-order valence-corrected chi connectivity index (χ3v) is 6.57. The number of aromatic nitrogens is 1. The van der Waals surface area contributed by atoms with Crippen LogP contribution in [0.2, 0.25) is 0 Å². The van der Waals surface area contributed by atoms with Crippen LogP contribution < -0.4 is 0 Å². The standard InChI is InChI=1S/C22H29NO4S/c1-14(2)16-9-8-15(3)12-18(16)27-22(25)13-26-21(24)11-10-20-23-17-6-4-5-7-19(17)28-20/h4-7,14-16,18H,8-13H2,1-3H3/t15-,16-,18-/m1/s1. The minimum absolute atomic E-state index is 0.0716. The lowest BCUT2D eigenvalue weighted by Crippen LogP contribution is -2.36. The van der Waals surface area contributed by atoms with Gasteiger partial charge in [-0.1, -0.05) is 39.3 Å². The van der Waals surface area contributed by atoms with Crippen LogP contribution in [0.5, 0.6) is 0 Å². The van der Waals surface area contributed by atoms with Gasteiger partial charge in [-0.25, -0.2) is 9.78 Å². The van der Waals surface area contributed by atoms with Crippen molar-refractivity contribution in [2.24, 2.45) is 17.8 Å². The number of carbonyl (C=O) groups is 2. The van der Waals surface area contributed by atoms with Gasteiger partial charge in [0.05, 0.1) is 21.6 Å². The van der Waals surface area contributed by atoms with Gasteiger partial charge >= 0.3 is 11.9 Å². The van der Waals surface area contributed by atoms with Gasteiger partial charge < -0.3 is 9.47 Å². The number of hydrogen-bond donors (Lipinski definition) is 0. The number of rotatable bonds is 7. The van der Waals surface area contributed by atoms with Crippen molar-refractivity contribution >= 4 is 33.5 Å². The lowest BCUT2D eigenvalue weighted by molar-refractivity contribution is -0.167. The van der Waals surface area contributed by atoms with Gasteiger partial charge in [0.15, 0.2) is 6.61 Å². The maximum Gasteiger partial charge on any atom is 0.344 e. The fourth-order valence-corrected chi connectivity index (χ4v) is 4.87. The molecule has 0 N–H and O–H groups in total. The molecule has 152 valence electrons. The van der Waals surface area contributed by atoms with Crippen molar-refractivity contribution < 1.29 is 19.1 Å². The quantitative estimate of drug-likeness (QED) is 0.623. The summed E-state index contributed by atoms with van der Waals surface area (Å²) in [4.78, 5) is 28.7. The van der Waals surface area contributed by atoms with Crippen molar-refractivity contribution in [1.82, 2.24) is 4.98 Å². The Bertz CT molecular complexity index is 783. The normalized spacial score (nSPS) is 22.4. The Labute approximate surface area is 170 Å². The van der Waals surface area contributed by atoms with Crippen LogP contribution in [0.25, 0.3) is 10.2 Å². The van der Waals surface area contributed by atoms with E-state index >= 15 is 0 Å². The number of ether oxygens (including phenoxy) is 2. The van der Waals surface area contributed by atoms with Gasteiger partial charge in [-0.15, -0.1) is 11.3 Å². The third-order valence-electron chi connectivity index (χ3n) is 5.48. The number of benzene rings is 1. The number of hydrogen-bond acceptors (Lipinski definition) is 6. The van der Waals surface area contributed by atoms with E-state index in [2.05, 4.69) is 25.8 Å². The molecule has 1 fully saturated rings. The van der Waals surface area contributed by atoms with E-state index in [-0.39, 0.29) is 19.1 Å². The van der Waals surface area contributed by atoms with Crippen LogP contribution in [0.3, 0.4) is 0 Å². The van der Waals surface area contributed by atoms with Crippen LogP contribution in [0, 0.1) is 17.8 Å².